The zero-order chi connectivity index (χ0) is 12.8. The lowest BCUT2D eigenvalue weighted by Crippen LogP contribution is -2.19. The molecule has 0 aliphatic carbocycles. The maximum absolute atomic E-state index is 5.06. The van der Waals surface area contributed by atoms with Gasteiger partial charge in [-0.25, -0.2) is 9.97 Å². The molecule has 1 atom stereocenters. The predicted octanol–water partition coefficient (Wildman–Crippen LogP) is 2.75. The quantitative estimate of drug-likeness (QED) is 0.826. The van der Waals surface area contributed by atoms with Crippen molar-refractivity contribution in [2.75, 3.05) is 19.0 Å². The molecule has 0 saturated carbocycles. The zero-order valence-electron chi connectivity index (χ0n) is 11.4. The molecule has 4 heteroatoms. The van der Waals surface area contributed by atoms with Crippen LogP contribution in [0, 0.1) is 6.92 Å². The first kappa shape index (κ1) is 13.9. The normalized spacial score (nSPS) is 12.8. The number of aromatic nitrogens is 2. The van der Waals surface area contributed by atoms with E-state index in [1.165, 1.54) is 0 Å². The Balaban J connectivity index is 2.70. The molecule has 1 heterocycles. The topological polar surface area (TPSA) is 47.0 Å². The number of methoxy groups -OCH3 is 1. The van der Waals surface area contributed by atoms with Crippen LogP contribution in [-0.2, 0) is 4.74 Å². The van der Waals surface area contributed by atoms with E-state index in [1.54, 1.807) is 7.11 Å². The van der Waals surface area contributed by atoms with E-state index in [2.05, 4.69) is 36.1 Å². The Hall–Kier alpha value is -1.16. The molecule has 0 aliphatic rings. The SMILES string of the molecule is COCCC(C)Nc1nc(C)cc(C(C)C)n1. The van der Waals surface area contributed by atoms with Crippen molar-refractivity contribution in [3.05, 3.63) is 17.5 Å². The predicted molar refractivity (Wildman–Crippen MR) is 70.4 cm³/mol. The van der Waals surface area contributed by atoms with Crippen LogP contribution in [0.25, 0.3) is 0 Å². The van der Waals surface area contributed by atoms with Gasteiger partial charge in [-0.1, -0.05) is 13.8 Å². The van der Waals surface area contributed by atoms with E-state index in [0.29, 0.717) is 12.0 Å². The highest BCUT2D eigenvalue weighted by atomic mass is 16.5. The Bertz CT molecular complexity index is 353. The minimum Gasteiger partial charge on any atom is -0.385 e. The van der Waals surface area contributed by atoms with Crippen LogP contribution in [0.15, 0.2) is 6.07 Å². The number of hydrogen-bond donors (Lipinski definition) is 1. The van der Waals surface area contributed by atoms with Crippen molar-refractivity contribution in [3.8, 4) is 0 Å². The van der Waals surface area contributed by atoms with Gasteiger partial charge in [-0.2, -0.15) is 0 Å². The van der Waals surface area contributed by atoms with Gasteiger partial charge in [0.2, 0.25) is 5.95 Å². The number of anilines is 1. The van der Waals surface area contributed by atoms with Crippen LogP contribution >= 0.6 is 0 Å². The van der Waals surface area contributed by atoms with Crippen molar-refractivity contribution in [1.82, 2.24) is 9.97 Å². The Kier molecular flexibility index (Phi) is 5.35. The molecule has 4 nitrogen and oxygen atoms in total. The number of rotatable bonds is 6. The fourth-order valence-corrected chi connectivity index (χ4v) is 1.54. The highest BCUT2D eigenvalue weighted by Gasteiger charge is 2.08. The number of nitrogens with zero attached hydrogens (tertiary/aromatic N) is 2. The van der Waals surface area contributed by atoms with Crippen LogP contribution in [0.4, 0.5) is 5.95 Å². The summed E-state index contributed by atoms with van der Waals surface area (Å²) in [5.74, 6) is 1.14. The summed E-state index contributed by atoms with van der Waals surface area (Å²) in [4.78, 5) is 8.92. The third-order valence-corrected chi connectivity index (χ3v) is 2.60. The Morgan fingerprint density at radius 2 is 2.00 bits per heavy atom. The van der Waals surface area contributed by atoms with Crippen molar-refractivity contribution >= 4 is 5.95 Å². The molecular formula is C13H23N3O. The lowest BCUT2D eigenvalue weighted by molar-refractivity contribution is 0.191. The molecule has 0 spiro atoms. The first-order chi connectivity index (χ1) is 8.02. The molecule has 1 N–H and O–H groups in total. The summed E-state index contributed by atoms with van der Waals surface area (Å²) in [6.07, 6.45) is 0.949. The summed E-state index contributed by atoms with van der Waals surface area (Å²) in [5.41, 5.74) is 2.09. The number of ether oxygens (including phenoxy) is 1. The summed E-state index contributed by atoms with van der Waals surface area (Å²) >= 11 is 0. The van der Waals surface area contributed by atoms with E-state index >= 15 is 0 Å². The van der Waals surface area contributed by atoms with Crippen molar-refractivity contribution < 1.29 is 4.74 Å². The summed E-state index contributed by atoms with van der Waals surface area (Å²) in [6, 6.07) is 2.35. The molecule has 1 aromatic rings. The van der Waals surface area contributed by atoms with Gasteiger partial charge in [0.1, 0.15) is 0 Å². The fourth-order valence-electron chi connectivity index (χ4n) is 1.54. The van der Waals surface area contributed by atoms with Crippen LogP contribution in [0.2, 0.25) is 0 Å². The summed E-state index contributed by atoms with van der Waals surface area (Å²) in [6.45, 7) is 9.13. The van der Waals surface area contributed by atoms with Gasteiger partial charge >= 0.3 is 0 Å². The monoisotopic (exact) mass is 237 g/mol. The molecular weight excluding hydrogens is 214 g/mol. The van der Waals surface area contributed by atoms with Crippen LogP contribution in [0.5, 0.6) is 0 Å². The zero-order valence-corrected chi connectivity index (χ0v) is 11.4. The molecule has 0 saturated heterocycles. The maximum atomic E-state index is 5.06. The first-order valence-corrected chi connectivity index (χ1v) is 6.14. The molecule has 1 aromatic heterocycles. The number of hydrogen-bond acceptors (Lipinski definition) is 4. The molecule has 0 amide bonds. The smallest absolute Gasteiger partial charge is 0.223 e. The second kappa shape index (κ2) is 6.55. The first-order valence-electron chi connectivity index (χ1n) is 6.14. The number of aryl methyl sites for hydroxylation is 1. The van der Waals surface area contributed by atoms with E-state index in [-0.39, 0.29) is 0 Å². The third kappa shape index (κ3) is 4.69. The second-order valence-corrected chi connectivity index (χ2v) is 4.74. The van der Waals surface area contributed by atoms with Gasteiger partial charge in [0.25, 0.3) is 0 Å². The molecule has 0 aliphatic heterocycles. The largest absolute Gasteiger partial charge is 0.385 e. The van der Waals surface area contributed by atoms with E-state index in [9.17, 15) is 0 Å². The average Bonchev–Trinajstić information content (AvgIpc) is 2.25. The molecule has 0 fully saturated rings. The highest BCUT2D eigenvalue weighted by molar-refractivity contribution is 5.30. The lowest BCUT2D eigenvalue weighted by Gasteiger charge is -2.15. The fraction of sp³-hybridized carbons (Fsp3) is 0.692. The minimum absolute atomic E-state index is 0.316. The average molecular weight is 237 g/mol. The van der Waals surface area contributed by atoms with E-state index in [0.717, 1.165) is 30.4 Å². The van der Waals surface area contributed by atoms with Gasteiger partial charge < -0.3 is 10.1 Å². The van der Waals surface area contributed by atoms with Crippen LogP contribution in [0.3, 0.4) is 0 Å². The highest BCUT2D eigenvalue weighted by Crippen LogP contribution is 2.15. The standard InChI is InChI=1S/C13H23N3O/c1-9(2)12-8-11(4)15-13(16-12)14-10(3)6-7-17-5/h8-10H,6-7H2,1-5H3,(H,14,15,16). The summed E-state index contributed by atoms with van der Waals surface area (Å²) < 4.78 is 5.06. The van der Waals surface area contributed by atoms with E-state index in [4.69, 9.17) is 4.74 Å². The van der Waals surface area contributed by atoms with Gasteiger partial charge in [-0.3, -0.25) is 0 Å². The Morgan fingerprint density at radius 1 is 1.29 bits per heavy atom. The molecule has 0 aromatic carbocycles. The van der Waals surface area contributed by atoms with E-state index < -0.39 is 0 Å². The van der Waals surface area contributed by atoms with Gasteiger partial charge in [0.05, 0.1) is 0 Å². The van der Waals surface area contributed by atoms with Crippen LogP contribution in [0.1, 0.15) is 44.5 Å². The Labute approximate surface area is 104 Å². The van der Waals surface area contributed by atoms with Gasteiger partial charge in [0, 0.05) is 31.1 Å². The van der Waals surface area contributed by atoms with Crippen molar-refractivity contribution in [2.45, 2.75) is 46.1 Å². The number of nitrogens with one attached hydrogen (secondary N) is 1. The van der Waals surface area contributed by atoms with Crippen molar-refractivity contribution in [1.29, 1.82) is 0 Å². The van der Waals surface area contributed by atoms with Gasteiger partial charge in [0.15, 0.2) is 0 Å². The van der Waals surface area contributed by atoms with Crippen molar-refractivity contribution in [2.24, 2.45) is 0 Å². The maximum Gasteiger partial charge on any atom is 0.223 e. The van der Waals surface area contributed by atoms with Crippen molar-refractivity contribution in [3.63, 3.8) is 0 Å². The van der Waals surface area contributed by atoms with Gasteiger partial charge in [-0.05, 0) is 32.3 Å². The molecule has 1 rings (SSSR count). The second-order valence-electron chi connectivity index (χ2n) is 4.74. The summed E-state index contributed by atoms with van der Waals surface area (Å²) in [7, 11) is 1.72. The Morgan fingerprint density at radius 3 is 2.59 bits per heavy atom. The van der Waals surface area contributed by atoms with Crippen LogP contribution in [-0.4, -0.2) is 29.7 Å². The van der Waals surface area contributed by atoms with Gasteiger partial charge in [-0.15, -0.1) is 0 Å². The molecule has 96 valence electrons. The minimum atomic E-state index is 0.316. The summed E-state index contributed by atoms with van der Waals surface area (Å²) in [5, 5.41) is 3.31. The molecule has 17 heavy (non-hydrogen) atoms. The molecule has 0 radical (unpaired) electrons. The molecule has 0 bridgehead atoms. The van der Waals surface area contributed by atoms with E-state index in [1.807, 2.05) is 13.0 Å². The lowest BCUT2D eigenvalue weighted by atomic mass is 10.1. The molecule has 1 unspecified atom stereocenters. The van der Waals surface area contributed by atoms with Crippen LogP contribution < -0.4 is 5.32 Å². The third-order valence-electron chi connectivity index (χ3n) is 2.60.